The highest BCUT2D eigenvalue weighted by Crippen LogP contribution is 2.21. The van der Waals surface area contributed by atoms with Crippen LogP contribution in [0.4, 0.5) is 0 Å². The van der Waals surface area contributed by atoms with Gasteiger partial charge in [-0.2, -0.15) is 5.10 Å². The number of aliphatic hydroxyl groups excluding tert-OH is 1. The van der Waals surface area contributed by atoms with Gasteiger partial charge in [-0.15, -0.1) is 0 Å². The Labute approximate surface area is 100 Å². The lowest BCUT2D eigenvalue weighted by Gasteiger charge is -2.27. The minimum atomic E-state index is -3.58. The van der Waals surface area contributed by atoms with Crippen LogP contribution < -0.4 is 4.72 Å². The second-order valence-corrected chi connectivity index (χ2v) is 6.12. The van der Waals surface area contributed by atoms with Crippen molar-refractivity contribution in [3.05, 3.63) is 11.9 Å². The molecule has 7 heteroatoms. The maximum atomic E-state index is 12.0. The summed E-state index contributed by atoms with van der Waals surface area (Å²) in [6, 6.07) is -0.386. The third kappa shape index (κ3) is 2.67. The molecule has 1 saturated carbocycles. The summed E-state index contributed by atoms with van der Waals surface area (Å²) in [7, 11) is -3.58. The fourth-order valence-electron chi connectivity index (χ4n) is 2.12. The second-order valence-electron chi connectivity index (χ2n) is 4.44. The largest absolute Gasteiger partial charge is 0.391 e. The van der Waals surface area contributed by atoms with Gasteiger partial charge in [-0.3, -0.25) is 5.10 Å². The lowest BCUT2D eigenvalue weighted by molar-refractivity contribution is 0.101. The van der Waals surface area contributed by atoms with Crippen LogP contribution in [0.25, 0.3) is 0 Å². The Morgan fingerprint density at radius 1 is 1.47 bits per heavy atom. The molecule has 1 aromatic rings. The summed E-state index contributed by atoms with van der Waals surface area (Å²) < 4.78 is 26.6. The molecule has 0 aromatic carbocycles. The normalized spacial score (nSPS) is 26.0. The summed E-state index contributed by atoms with van der Waals surface area (Å²) in [4.78, 5) is 0.148. The van der Waals surface area contributed by atoms with Crippen LogP contribution >= 0.6 is 0 Å². The highest BCUT2D eigenvalue weighted by Gasteiger charge is 2.29. The van der Waals surface area contributed by atoms with Crippen molar-refractivity contribution < 1.29 is 13.5 Å². The third-order valence-electron chi connectivity index (χ3n) is 3.11. The van der Waals surface area contributed by atoms with Gasteiger partial charge in [0.05, 0.1) is 18.0 Å². The van der Waals surface area contributed by atoms with Gasteiger partial charge in [-0.05, 0) is 19.8 Å². The van der Waals surface area contributed by atoms with Crippen LogP contribution in [0.15, 0.2) is 11.1 Å². The smallest absolute Gasteiger partial charge is 0.244 e. The van der Waals surface area contributed by atoms with E-state index in [1.165, 1.54) is 6.20 Å². The van der Waals surface area contributed by atoms with Gasteiger partial charge in [-0.25, -0.2) is 13.1 Å². The molecule has 17 heavy (non-hydrogen) atoms. The standard InChI is InChI=1S/C10H17N3O3S/c1-7-10(6-11-12-7)17(15,16)13-8-4-2-3-5-9(8)14/h6,8-9,13-14H,2-5H2,1H3,(H,11,12)/t8-,9-/m1/s1. The van der Waals surface area contributed by atoms with Crippen LogP contribution in [0, 0.1) is 6.92 Å². The minimum absolute atomic E-state index is 0.148. The topological polar surface area (TPSA) is 95.1 Å². The number of H-pyrrole nitrogens is 1. The van der Waals surface area contributed by atoms with Crippen LogP contribution in [0.1, 0.15) is 31.4 Å². The van der Waals surface area contributed by atoms with E-state index in [1.54, 1.807) is 6.92 Å². The predicted octanol–water partition coefficient (Wildman–Crippen LogP) is 0.300. The van der Waals surface area contributed by atoms with Crippen LogP contribution in [-0.4, -0.2) is 35.9 Å². The zero-order valence-corrected chi connectivity index (χ0v) is 10.5. The first-order chi connectivity index (χ1) is 8.00. The van der Waals surface area contributed by atoms with E-state index in [0.29, 0.717) is 18.5 Å². The molecule has 0 bridgehead atoms. The van der Waals surface area contributed by atoms with E-state index in [0.717, 1.165) is 12.8 Å². The molecule has 0 amide bonds. The molecule has 0 radical (unpaired) electrons. The minimum Gasteiger partial charge on any atom is -0.391 e. The van der Waals surface area contributed by atoms with Crippen LogP contribution in [0.3, 0.4) is 0 Å². The Bertz CT molecular complexity index is 483. The molecule has 96 valence electrons. The monoisotopic (exact) mass is 259 g/mol. The van der Waals surface area contributed by atoms with E-state index >= 15 is 0 Å². The van der Waals surface area contributed by atoms with Crippen molar-refractivity contribution >= 4 is 10.0 Å². The Morgan fingerprint density at radius 3 is 2.76 bits per heavy atom. The van der Waals surface area contributed by atoms with E-state index in [1.807, 2.05) is 0 Å². The highest BCUT2D eigenvalue weighted by molar-refractivity contribution is 7.89. The molecule has 6 nitrogen and oxygen atoms in total. The zero-order valence-electron chi connectivity index (χ0n) is 9.68. The second kappa shape index (κ2) is 4.75. The van der Waals surface area contributed by atoms with Crippen molar-refractivity contribution in [3.63, 3.8) is 0 Å². The Hall–Kier alpha value is -0.920. The molecule has 0 saturated heterocycles. The number of aromatic amines is 1. The molecule has 0 unspecified atom stereocenters. The summed E-state index contributed by atoms with van der Waals surface area (Å²) in [6.45, 7) is 1.65. The van der Waals surface area contributed by atoms with Crippen LogP contribution in [-0.2, 0) is 10.0 Å². The summed E-state index contributed by atoms with van der Waals surface area (Å²) in [5.74, 6) is 0. The Kier molecular flexibility index (Phi) is 3.50. The fraction of sp³-hybridized carbons (Fsp3) is 0.700. The molecule has 1 aliphatic carbocycles. The molecular formula is C10H17N3O3S. The van der Waals surface area contributed by atoms with Gasteiger partial charge in [0, 0.05) is 6.04 Å². The lowest BCUT2D eigenvalue weighted by atomic mass is 9.93. The number of hydrogen-bond acceptors (Lipinski definition) is 4. The van der Waals surface area contributed by atoms with E-state index in [-0.39, 0.29) is 10.9 Å². The van der Waals surface area contributed by atoms with Gasteiger partial charge >= 0.3 is 0 Å². The van der Waals surface area contributed by atoms with Crippen molar-refractivity contribution in [1.82, 2.24) is 14.9 Å². The molecule has 0 aliphatic heterocycles. The lowest BCUT2D eigenvalue weighted by Crippen LogP contribution is -2.45. The summed E-state index contributed by atoms with van der Waals surface area (Å²) in [5, 5.41) is 16.0. The first kappa shape index (κ1) is 12.5. The van der Waals surface area contributed by atoms with Gasteiger partial charge in [0.25, 0.3) is 0 Å². The third-order valence-corrected chi connectivity index (χ3v) is 4.71. The first-order valence-corrected chi connectivity index (χ1v) is 7.19. The average molecular weight is 259 g/mol. The number of nitrogens with one attached hydrogen (secondary N) is 2. The number of aromatic nitrogens is 2. The van der Waals surface area contributed by atoms with E-state index in [9.17, 15) is 13.5 Å². The molecular weight excluding hydrogens is 242 g/mol. The van der Waals surface area contributed by atoms with E-state index in [4.69, 9.17) is 0 Å². The van der Waals surface area contributed by atoms with Gasteiger partial charge < -0.3 is 5.11 Å². The summed E-state index contributed by atoms with van der Waals surface area (Å²) in [6.07, 6.45) is 3.91. The molecule has 3 N–H and O–H groups in total. The maximum absolute atomic E-state index is 12.0. The number of aliphatic hydroxyl groups is 1. The molecule has 1 aliphatic rings. The summed E-state index contributed by atoms with van der Waals surface area (Å²) >= 11 is 0. The molecule has 1 heterocycles. The SMILES string of the molecule is Cc1[nH]ncc1S(=O)(=O)N[C@@H]1CCCC[C@H]1O. The number of aryl methyl sites for hydroxylation is 1. The van der Waals surface area contributed by atoms with Crippen LogP contribution in [0.5, 0.6) is 0 Å². The average Bonchev–Trinajstić information content (AvgIpc) is 2.68. The van der Waals surface area contributed by atoms with Gasteiger partial charge in [-0.1, -0.05) is 12.8 Å². The molecule has 1 aromatic heterocycles. The van der Waals surface area contributed by atoms with Crippen LogP contribution in [0.2, 0.25) is 0 Å². The van der Waals surface area contributed by atoms with Crippen molar-refractivity contribution in [1.29, 1.82) is 0 Å². The quantitative estimate of drug-likeness (QED) is 0.727. The number of nitrogens with zero attached hydrogens (tertiary/aromatic N) is 1. The summed E-state index contributed by atoms with van der Waals surface area (Å²) in [5.41, 5.74) is 0.503. The Morgan fingerprint density at radius 2 is 2.18 bits per heavy atom. The highest BCUT2D eigenvalue weighted by atomic mass is 32.2. The van der Waals surface area contributed by atoms with Gasteiger partial charge in [0.1, 0.15) is 4.90 Å². The van der Waals surface area contributed by atoms with Crippen molar-refractivity contribution in [2.75, 3.05) is 0 Å². The fourth-order valence-corrected chi connectivity index (χ4v) is 3.56. The number of sulfonamides is 1. The van der Waals surface area contributed by atoms with E-state index in [2.05, 4.69) is 14.9 Å². The first-order valence-electron chi connectivity index (χ1n) is 5.71. The molecule has 0 spiro atoms. The van der Waals surface area contributed by atoms with Crippen molar-refractivity contribution in [2.24, 2.45) is 0 Å². The molecule has 2 rings (SSSR count). The maximum Gasteiger partial charge on any atom is 0.244 e. The molecule has 2 atom stereocenters. The van der Waals surface area contributed by atoms with Crippen molar-refractivity contribution in [3.8, 4) is 0 Å². The number of rotatable bonds is 3. The van der Waals surface area contributed by atoms with Gasteiger partial charge in [0.2, 0.25) is 10.0 Å². The molecule has 1 fully saturated rings. The Balaban J connectivity index is 2.15. The zero-order chi connectivity index (χ0) is 12.5. The van der Waals surface area contributed by atoms with E-state index < -0.39 is 16.1 Å². The van der Waals surface area contributed by atoms with Crippen molar-refractivity contribution in [2.45, 2.75) is 49.6 Å². The van der Waals surface area contributed by atoms with Gasteiger partial charge in [0.15, 0.2) is 0 Å². The number of hydrogen-bond donors (Lipinski definition) is 3. The predicted molar refractivity (Wildman–Crippen MR) is 61.9 cm³/mol.